The van der Waals surface area contributed by atoms with Gasteiger partial charge >= 0.3 is 0 Å². The van der Waals surface area contributed by atoms with E-state index in [1.54, 1.807) is 14.2 Å². The largest absolute Gasteiger partial charge is 0.380 e. The van der Waals surface area contributed by atoms with Gasteiger partial charge in [0.25, 0.3) is 0 Å². The monoisotopic (exact) mass is 154 g/mol. The first kappa shape index (κ1) is 8.50. The van der Waals surface area contributed by atoms with Crippen molar-refractivity contribution in [2.75, 3.05) is 27.4 Å². The molecule has 0 amide bonds. The number of ether oxygens (including phenoxy) is 2. The highest BCUT2D eigenvalue weighted by atomic mass is 16.5. The third-order valence-corrected chi connectivity index (χ3v) is 1.76. The molecule has 0 bridgehead atoms. The molecule has 62 valence electrons. The lowest BCUT2D eigenvalue weighted by molar-refractivity contribution is 0.213. The molecule has 0 aliphatic heterocycles. The zero-order valence-electron chi connectivity index (χ0n) is 7.09. The molecular weight excluding hydrogens is 140 g/mol. The van der Waals surface area contributed by atoms with Crippen LogP contribution in [0, 0.1) is 0 Å². The lowest BCUT2D eigenvalue weighted by Crippen LogP contribution is -1.98. The summed E-state index contributed by atoms with van der Waals surface area (Å²) in [6, 6.07) is 0. The molecule has 0 spiro atoms. The highest BCUT2D eigenvalue weighted by molar-refractivity contribution is 5.34. The van der Waals surface area contributed by atoms with Crippen molar-refractivity contribution in [3.63, 3.8) is 0 Å². The van der Waals surface area contributed by atoms with E-state index in [-0.39, 0.29) is 0 Å². The molecule has 0 saturated heterocycles. The SMILES string of the molecule is COCC1=C(COC)CC=C1. The van der Waals surface area contributed by atoms with Gasteiger partial charge in [-0.05, 0) is 17.6 Å². The standard InChI is InChI=1S/C9H14O2/c1-10-6-8-4-3-5-9(8)7-11-2/h3-4H,5-7H2,1-2H3. The first-order chi connectivity index (χ1) is 5.38. The molecule has 0 aromatic heterocycles. The molecule has 0 atom stereocenters. The summed E-state index contributed by atoms with van der Waals surface area (Å²) < 4.78 is 10.1. The number of hydrogen-bond acceptors (Lipinski definition) is 2. The molecule has 0 radical (unpaired) electrons. The van der Waals surface area contributed by atoms with Crippen molar-refractivity contribution in [1.82, 2.24) is 0 Å². The predicted octanol–water partition coefficient (Wildman–Crippen LogP) is 1.54. The second-order valence-electron chi connectivity index (χ2n) is 2.60. The second kappa shape index (κ2) is 4.31. The lowest BCUT2D eigenvalue weighted by Gasteiger charge is -2.04. The fourth-order valence-electron chi connectivity index (χ4n) is 1.22. The van der Waals surface area contributed by atoms with Crippen LogP contribution in [-0.4, -0.2) is 27.4 Å². The quantitative estimate of drug-likeness (QED) is 0.611. The van der Waals surface area contributed by atoms with Crippen LogP contribution in [0.15, 0.2) is 23.3 Å². The van der Waals surface area contributed by atoms with Crippen LogP contribution < -0.4 is 0 Å². The number of rotatable bonds is 4. The number of allylic oxidation sites excluding steroid dienone is 1. The van der Waals surface area contributed by atoms with Crippen LogP contribution in [0.25, 0.3) is 0 Å². The van der Waals surface area contributed by atoms with E-state index in [9.17, 15) is 0 Å². The Labute approximate surface area is 67.5 Å². The highest BCUT2D eigenvalue weighted by Gasteiger charge is 2.07. The summed E-state index contributed by atoms with van der Waals surface area (Å²) in [6.45, 7) is 1.43. The Balaban J connectivity index is 2.52. The van der Waals surface area contributed by atoms with Crippen LogP contribution in [0.2, 0.25) is 0 Å². The second-order valence-corrected chi connectivity index (χ2v) is 2.60. The number of hydrogen-bond donors (Lipinski definition) is 0. The van der Waals surface area contributed by atoms with E-state index in [0.717, 1.165) is 13.0 Å². The summed E-state index contributed by atoms with van der Waals surface area (Å²) >= 11 is 0. The van der Waals surface area contributed by atoms with Crippen molar-refractivity contribution in [1.29, 1.82) is 0 Å². The molecule has 1 aliphatic carbocycles. The van der Waals surface area contributed by atoms with E-state index >= 15 is 0 Å². The lowest BCUT2D eigenvalue weighted by atomic mass is 10.2. The molecule has 0 saturated carbocycles. The fraction of sp³-hybridized carbons (Fsp3) is 0.556. The summed E-state index contributed by atoms with van der Waals surface area (Å²) in [6.07, 6.45) is 5.27. The predicted molar refractivity (Wildman–Crippen MR) is 44.5 cm³/mol. The molecule has 1 aliphatic rings. The van der Waals surface area contributed by atoms with Crippen molar-refractivity contribution in [3.8, 4) is 0 Å². The van der Waals surface area contributed by atoms with Gasteiger partial charge in [-0.2, -0.15) is 0 Å². The Morgan fingerprint density at radius 3 is 2.64 bits per heavy atom. The molecule has 0 heterocycles. The van der Waals surface area contributed by atoms with Crippen LogP contribution >= 0.6 is 0 Å². The van der Waals surface area contributed by atoms with Crippen molar-refractivity contribution in [3.05, 3.63) is 23.3 Å². The van der Waals surface area contributed by atoms with Gasteiger partial charge in [0.1, 0.15) is 0 Å². The van der Waals surface area contributed by atoms with E-state index in [0.29, 0.717) is 6.61 Å². The minimum absolute atomic E-state index is 0.704. The van der Waals surface area contributed by atoms with Gasteiger partial charge < -0.3 is 9.47 Å². The first-order valence-corrected chi connectivity index (χ1v) is 3.73. The van der Waals surface area contributed by atoms with Crippen LogP contribution in [0.4, 0.5) is 0 Å². The Morgan fingerprint density at radius 2 is 2.00 bits per heavy atom. The van der Waals surface area contributed by atoms with Gasteiger partial charge in [-0.15, -0.1) is 0 Å². The minimum Gasteiger partial charge on any atom is -0.380 e. The first-order valence-electron chi connectivity index (χ1n) is 3.73. The van der Waals surface area contributed by atoms with Crippen molar-refractivity contribution >= 4 is 0 Å². The third kappa shape index (κ3) is 2.17. The summed E-state index contributed by atoms with van der Waals surface area (Å²) in [5.74, 6) is 0. The molecular formula is C9H14O2. The number of methoxy groups -OCH3 is 2. The van der Waals surface area contributed by atoms with Crippen LogP contribution in [0.5, 0.6) is 0 Å². The Kier molecular flexibility index (Phi) is 3.33. The van der Waals surface area contributed by atoms with Gasteiger partial charge in [-0.25, -0.2) is 0 Å². The topological polar surface area (TPSA) is 18.5 Å². The van der Waals surface area contributed by atoms with E-state index in [1.807, 2.05) is 0 Å². The van der Waals surface area contributed by atoms with Gasteiger partial charge in [-0.1, -0.05) is 12.2 Å². The summed E-state index contributed by atoms with van der Waals surface area (Å²) in [5.41, 5.74) is 2.61. The van der Waals surface area contributed by atoms with Gasteiger partial charge in [-0.3, -0.25) is 0 Å². The van der Waals surface area contributed by atoms with E-state index in [2.05, 4.69) is 12.2 Å². The van der Waals surface area contributed by atoms with Crippen LogP contribution in [0.1, 0.15) is 6.42 Å². The smallest absolute Gasteiger partial charge is 0.0713 e. The minimum atomic E-state index is 0.704. The van der Waals surface area contributed by atoms with Gasteiger partial charge in [0.05, 0.1) is 13.2 Å². The van der Waals surface area contributed by atoms with Crippen molar-refractivity contribution < 1.29 is 9.47 Å². The van der Waals surface area contributed by atoms with Crippen molar-refractivity contribution in [2.24, 2.45) is 0 Å². The molecule has 2 heteroatoms. The molecule has 0 fully saturated rings. The summed E-state index contributed by atoms with van der Waals surface area (Å²) in [4.78, 5) is 0. The van der Waals surface area contributed by atoms with Gasteiger partial charge in [0, 0.05) is 14.2 Å². The van der Waals surface area contributed by atoms with Gasteiger partial charge in [0.2, 0.25) is 0 Å². The summed E-state index contributed by atoms with van der Waals surface area (Å²) in [7, 11) is 3.43. The zero-order chi connectivity index (χ0) is 8.10. The van der Waals surface area contributed by atoms with E-state index in [4.69, 9.17) is 9.47 Å². The molecule has 0 unspecified atom stereocenters. The van der Waals surface area contributed by atoms with E-state index in [1.165, 1.54) is 11.1 Å². The third-order valence-electron chi connectivity index (χ3n) is 1.76. The summed E-state index contributed by atoms with van der Waals surface area (Å²) in [5, 5.41) is 0. The van der Waals surface area contributed by atoms with Crippen LogP contribution in [-0.2, 0) is 9.47 Å². The average Bonchev–Trinajstić information content (AvgIpc) is 2.39. The molecule has 0 N–H and O–H groups in total. The highest BCUT2D eigenvalue weighted by Crippen LogP contribution is 2.18. The molecule has 11 heavy (non-hydrogen) atoms. The molecule has 2 nitrogen and oxygen atoms in total. The molecule has 0 aromatic carbocycles. The maximum absolute atomic E-state index is 5.05. The maximum atomic E-state index is 5.05. The fourth-order valence-corrected chi connectivity index (χ4v) is 1.22. The Bertz CT molecular complexity index is 180. The zero-order valence-corrected chi connectivity index (χ0v) is 7.09. The van der Waals surface area contributed by atoms with E-state index < -0.39 is 0 Å². The van der Waals surface area contributed by atoms with Crippen molar-refractivity contribution in [2.45, 2.75) is 6.42 Å². The average molecular weight is 154 g/mol. The van der Waals surface area contributed by atoms with Gasteiger partial charge in [0.15, 0.2) is 0 Å². The molecule has 1 rings (SSSR count). The Morgan fingerprint density at radius 1 is 1.27 bits per heavy atom. The maximum Gasteiger partial charge on any atom is 0.0713 e. The van der Waals surface area contributed by atoms with Crippen LogP contribution in [0.3, 0.4) is 0 Å². The normalized spacial score (nSPS) is 16.5. The molecule has 0 aromatic rings. The Hall–Kier alpha value is -0.600.